The fourth-order valence-electron chi connectivity index (χ4n) is 3.43. The number of likely N-dealkylation sites (tertiary alicyclic amines) is 1. The van der Waals surface area contributed by atoms with Crippen molar-refractivity contribution in [1.82, 2.24) is 9.88 Å². The van der Waals surface area contributed by atoms with Gasteiger partial charge in [0.1, 0.15) is 0 Å². The van der Waals surface area contributed by atoms with Crippen molar-refractivity contribution in [3.63, 3.8) is 0 Å². The third-order valence-corrected chi connectivity index (χ3v) is 5.47. The molecule has 19 heavy (non-hydrogen) atoms. The Morgan fingerprint density at radius 1 is 1.37 bits per heavy atom. The first kappa shape index (κ1) is 14.9. The normalized spacial score (nSPS) is 18.9. The molecule has 0 amide bonds. The van der Waals surface area contributed by atoms with Crippen LogP contribution in [0.3, 0.4) is 0 Å². The molecule has 1 aromatic heterocycles. The Kier molecular flexibility index (Phi) is 4.98. The summed E-state index contributed by atoms with van der Waals surface area (Å²) in [6.45, 7) is 8.70. The number of aliphatic hydroxyl groups is 1. The molecule has 4 heteroatoms. The van der Waals surface area contributed by atoms with E-state index in [2.05, 4.69) is 29.1 Å². The van der Waals surface area contributed by atoms with Gasteiger partial charge in [-0.2, -0.15) is 0 Å². The van der Waals surface area contributed by atoms with Gasteiger partial charge in [-0.05, 0) is 45.7 Å². The quantitative estimate of drug-likeness (QED) is 0.871. The molecule has 2 heterocycles. The van der Waals surface area contributed by atoms with Crippen molar-refractivity contribution in [2.75, 3.05) is 13.1 Å². The van der Waals surface area contributed by atoms with Crippen LogP contribution >= 0.6 is 11.3 Å². The molecule has 0 bridgehead atoms. The van der Waals surface area contributed by atoms with Crippen LogP contribution in [-0.2, 0) is 6.42 Å². The molecule has 0 radical (unpaired) electrons. The van der Waals surface area contributed by atoms with E-state index in [1.807, 2.05) is 6.92 Å². The number of aryl methyl sites for hydroxylation is 1. The summed E-state index contributed by atoms with van der Waals surface area (Å²) in [4.78, 5) is 7.01. The van der Waals surface area contributed by atoms with Crippen LogP contribution in [0.2, 0.25) is 0 Å². The van der Waals surface area contributed by atoms with Crippen molar-refractivity contribution in [2.24, 2.45) is 0 Å². The van der Waals surface area contributed by atoms with Crippen molar-refractivity contribution in [3.05, 3.63) is 16.1 Å². The number of hydrogen-bond acceptors (Lipinski definition) is 4. The summed E-state index contributed by atoms with van der Waals surface area (Å²) in [5, 5.41) is 14.0. The molecule has 1 aliphatic rings. The topological polar surface area (TPSA) is 36.4 Å². The Morgan fingerprint density at radius 2 is 2.00 bits per heavy atom. The van der Waals surface area contributed by atoms with Crippen molar-refractivity contribution in [3.8, 4) is 0 Å². The van der Waals surface area contributed by atoms with Crippen LogP contribution in [0.5, 0.6) is 0 Å². The predicted octanol–water partition coefficient (Wildman–Crippen LogP) is 3.01. The van der Waals surface area contributed by atoms with Crippen molar-refractivity contribution >= 4 is 11.3 Å². The zero-order valence-electron chi connectivity index (χ0n) is 12.4. The van der Waals surface area contributed by atoms with Crippen LogP contribution in [0.1, 0.15) is 50.2 Å². The Balaban J connectivity index is 2.13. The molecule has 1 atom stereocenters. The van der Waals surface area contributed by atoms with Gasteiger partial charge in [-0.1, -0.05) is 13.8 Å². The minimum atomic E-state index is -0.318. The van der Waals surface area contributed by atoms with Crippen molar-refractivity contribution in [2.45, 2.75) is 64.5 Å². The van der Waals surface area contributed by atoms with E-state index in [1.165, 1.54) is 12.8 Å². The second-order valence-corrected chi connectivity index (χ2v) is 6.64. The smallest absolute Gasteiger partial charge is 0.0897 e. The monoisotopic (exact) mass is 282 g/mol. The van der Waals surface area contributed by atoms with Gasteiger partial charge in [0.2, 0.25) is 0 Å². The van der Waals surface area contributed by atoms with Gasteiger partial charge in [-0.3, -0.25) is 4.90 Å². The lowest BCUT2D eigenvalue weighted by Gasteiger charge is -2.44. The van der Waals surface area contributed by atoms with E-state index in [4.69, 9.17) is 0 Å². The summed E-state index contributed by atoms with van der Waals surface area (Å²) in [5.41, 5.74) is 0.981. The number of aliphatic hydroxyl groups excluding tert-OH is 1. The first-order chi connectivity index (χ1) is 9.12. The number of rotatable bonds is 6. The van der Waals surface area contributed by atoms with Gasteiger partial charge in [0.15, 0.2) is 0 Å². The first-order valence-corrected chi connectivity index (χ1v) is 8.34. The summed E-state index contributed by atoms with van der Waals surface area (Å²) < 4.78 is 0. The molecule has 1 saturated heterocycles. The highest BCUT2D eigenvalue weighted by Gasteiger charge is 2.41. The highest BCUT2D eigenvalue weighted by Crippen LogP contribution is 2.33. The molecule has 1 aliphatic heterocycles. The van der Waals surface area contributed by atoms with Gasteiger partial charge in [0.05, 0.1) is 16.8 Å². The Bertz CT molecular complexity index is 395. The van der Waals surface area contributed by atoms with Gasteiger partial charge in [-0.15, -0.1) is 11.3 Å². The minimum Gasteiger partial charge on any atom is -0.391 e. The van der Waals surface area contributed by atoms with E-state index in [1.54, 1.807) is 11.3 Å². The second-order valence-electron chi connectivity index (χ2n) is 5.58. The average Bonchev–Trinajstić information content (AvgIpc) is 3.04. The molecule has 1 unspecified atom stereocenters. The summed E-state index contributed by atoms with van der Waals surface area (Å²) in [6, 6.07) is 0. The standard InChI is InChI=1S/C15H26N2OS/c1-4-15(5-2,17-8-6-7-9-17)14(18)10-13-11-19-12(3)16-13/h11,14,18H,4-10H2,1-3H3. The predicted molar refractivity (Wildman–Crippen MR) is 80.7 cm³/mol. The van der Waals surface area contributed by atoms with Crippen LogP contribution in [-0.4, -0.2) is 39.7 Å². The minimum absolute atomic E-state index is 0.0615. The average molecular weight is 282 g/mol. The SMILES string of the molecule is CCC(CC)(C(O)Cc1csc(C)n1)N1CCCC1. The van der Waals surface area contributed by atoms with E-state index >= 15 is 0 Å². The molecule has 1 fully saturated rings. The maximum absolute atomic E-state index is 10.8. The highest BCUT2D eigenvalue weighted by atomic mass is 32.1. The van der Waals surface area contributed by atoms with Gasteiger partial charge < -0.3 is 5.11 Å². The molecule has 0 aromatic carbocycles. The number of nitrogens with zero attached hydrogens (tertiary/aromatic N) is 2. The Labute approximate surface area is 120 Å². The fourth-order valence-corrected chi connectivity index (χ4v) is 4.06. The molecule has 0 saturated carbocycles. The van der Waals surface area contributed by atoms with Gasteiger partial charge >= 0.3 is 0 Å². The number of aromatic nitrogens is 1. The summed E-state index contributed by atoms with van der Waals surface area (Å²) in [6.07, 6.45) is 4.92. The molecule has 108 valence electrons. The lowest BCUT2D eigenvalue weighted by molar-refractivity contribution is -0.0273. The molecule has 2 rings (SSSR count). The summed E-state index contributed by atoms with van der Waals surface area (Å²) in [5.74, 6) is 0. The molecular formula is C15H26N2OS. The molecular weight excluding hydrogens is 256 g/mol. The van der Waals surface area contributed by atoms with Crippen LogP contribution in [0.4, 0.5) is 0 Å². The second kappa shape index (κ2) is 6.33. The lowest BCUT2D eigenvalue weighted by Crippen LogP contribution is -2.55. The molecule has 1 aromatic rings. The van der Waals surface area contributed by atoms with Crippen molar-refractivity contribution in [1.29, 1.82) is 0 Å². The van der Waals surface area contributed by atoms with Crippen LogP contribution in [0, 0.1) is 6.92 Å². The molecule has 0 aliphatic carbocycles. The molecule has 3 nitrogen and oxygen atoms in total. The van der Waals surface area contributed by atoms with E-state index in [0.29, 0.717) is 6.42 Å². The maximum atomic E-state index is 10.8. The zero-order chi connectivity index (χ0) is 13.9. The van der Waals surface area contributed by atoms with E-state index in [9.17, 15) is 5.11 Å². The first-order valence-electron chi connectivity index (χ1n) is 7.46. The van der Waals surface area contributed by atoms with Crippen molar-refractivity contribution < 1.29 is 5.11 Å². The zero-order valence-corrected chi connectivity index (χ0v) is 13.2. The Morgan fingerprint density at radius 3 is 2.47 bits per heavy atom. The number of thiazole rings is 1. The third kappa shape index (κ3) is 3.01. The highest BCUT2D eigenvalue weighted by molar-refractivity contribution is 7.09. The van der Waals surface area contributed by atoms with Gasteiger partial charge in [-0.25, -0.2) is 4.98 Å². The van der Waals surface area contributed by atoms with Gasteiger partial charge in [0, 0.05) is 17.3 Å². The van der Waals surface area contributed by atoms with Crippen LogP contribution in [0.25, 0.3) is 0 Å². The summed E-state index contributed by atoms with van der Waals surface area (Å²) >= 11 is 1.67. The maximum Gasteiger partial charge on any atom is 0.0897 e. The number of hydrogen-bond donors (Lipinski definition) is 1. The van der Waals surface area contributed by atoms with Crippen LogP contribution in [0.15, 0.2) is 5.38 Å². The molecule has 1 N–H and O–H groups in total. The fraction of sp³-hybridized carbons (Fsp3) is 0.800. The largest absolute Gasteiger partial charge is 0.391 e. The molecule has 0 spiro atoms. The lowest BCUT2D eigenvalue weighted by atomic mass is 9.82. The Hall–Kier alpha value is -0.450. The van der Waals surface area contributed by atoms with E-state index < -0.39 is 0 Å². The van der Waals surface area contributed by atoms with Gasteiger partial charge in [0.25, 0.3) is 0 Å². The third-order valence-electron chi connectivity index (χ3n) is 4.65. The van der Waals surface area contributed by atoms with E-state index in [-0.39, 0.29) is 11.6 Å². The van der Waals surface area contributed by atoms with E-state index in [0.717, 1.165) is 36.6 Å². The summed E-state index contributed by atoms with van der Waals surface area (Å²) in [7, 11) is 0. The van der Waals surface area contributed by atoms with Crippen LogP contribution < -0.4 is 0 Å².